The summed E-state index contributed by atoms with van der Waals surface area (Å²) in [6, 6.07) is 20.3. The Bertz CT molecular complexity index is 2020. The summed E-state index contributed by atoms with van der Waals surface area (Å²) in [6.07, 6.45) is 22.7. The maximum absolute atomic E-state index is 13.7. The number of ether oxygens (including phenoxy) is 1. The minimum atomic E-state index is -3.97. The molecule has 0 unspecified atom stereocenters. The van der Waals surface area contributed by atoms with Gasteiger partial charge in [0, 0.05) is 12.6 Å². The van der Waals surface area contributed by atoms with Crippen LogP contribution in [0.15, 0.2) is 136 Å². The maximum Gasteiger partial charge on any atom is 0.475 e. The Balaban J connectivity index is 1.14. The Morgan fingerprint density at radius 2 is 1.20 bits per heavy atom. The summed E-state index contributed by atoms with van der Waals surface area (Å²) in [7, 11) is -3.97. The molecule has 1 aromatic heterocycles. The number of allylic oxidation sites excluding steroid dienone is 10. The lowest BCUT2D eigenvalue weighted by molar-refractivity contribution is -0.116. The second-order valence-electron chi connectivity index (χ2n) is 16.3. The number of benzene rings is 2. The first-order valence-electron chi connectivity index (χ1n) is 21.8. The lowest BCUT2D eigenvalue weighted by atomic mass is 10.0. The molecule has 1 saturated heterocycles. The van der Waals surface area contributed by atoms with Crippen molar-refractivity contribution in [3.05, 3.63) is 153 Å². The summed E-state index contributed by atoms with van der Waals surface area (Å²) in [6.45, 7) is 13.1. The number of carbonyl (C=O) groups excluding carboxylic acids is 1. The predicted octanol–water partition coefficient (Wildman–Crippen LogP) is 13.1. The molecule has 0 bridgehead atoms. The van der Waals surface area contributed by atoms with E-state index >= 15 is 0 Å². The van der Waals surface area contributed by atoms with Crippen LogP contribution in [0, 0.1) is 0 Å². The third-order valence-corrected chi connectivity index (χ3v) is 11.8. The number of rotatable bonds is 26. The zero-order valence-corrected chi connectivity index (χ0v) is 38.2. The second kappa shape index (κ2) is 26.8. The van der Waals surface area contributed by atoms with Crippen LogP contribution in [0.5, 0.6) is 0 Å². The van der Waals surface area contributed by atoms with Crippen molar-refractivity contribution in [3.63, 3.8) is 0 Å². The van der Waals surface area contributed by atoms with Crippen molar-refractivity contribution in [1.29, 1.82) is 0 Å². The Kier molecular flexibility index (Phi) is 21.6. The zero-order valence-electron chi connectivity index (χ0n) is 37.3. The van der Waals surface area contributed by atoms with E-state index in [0.29, 0.717) is 25.7 Å². The fourth-order valence-electron chi connectivity index (χ4n) is 6.72. The van der Waals surface area contributed by atoms with Crippen molar-refractivity contribution in [2.45, 2.75) is 144 Å². The number of nitrogens with zero attached hydrogens (tertiary/aromatic N) is 2. The number of nitrogens with one attached hydrogen (secondary N) is 1. The van der Waals surface area contributed by atoms with Gasteiger partial charge in [-0.25, -0.2) is 9.36 Å². The van der Waals surface area contributed by atoms with Gasteiger partial charge in [0.25, 0.3) is 0 Å². The summed E-state index contributed by atoms with van der Waals surface area (Å²) in [5, 5.41) is 2.76. The van der Waals surface area contributed by atoms with Gasteiger partial charge in [0.2, 0.25) is 5.91 Å². The molecule has 61 heavy (non-hydrogen) atoms. The molecule has 4 rings (SSSR count). The van der Waals surface area contributed by atoms with Crippen molar-refractivity contribution in [3.8, 4) is 0 Å². The first-order valence-corrected chi connectivity index (χ1v) is 23.3. The van der Waals surface area contributed by atoms with E-state index in [-0.39, 0.29) is 31.5 Å². The van der Waals surface area contributed by atoms with Crippen LogP contribution in [-0.4, -0.2) is 28.2 Å². The first-order chi connectivity index (χ1) is 29.4. The topological polar surface area (TPSA) is 118 Å². The fourth-order valence-corrected chi connectivity index (χ4v) is 7.91. The molecule has 330 valence electrons. The number of hydrogen-bond donors (Lipinski definition) is 1. The van der Waals surface area contributed by atoms with Crippen molar-refractivity contribution in [1.82, 2.24) is 9.55 Å². The molecule has 1 aliphatic heterocycles. The summed E-state index contributed by atoms with van der Waals surface area (Å²) in [5.74, 6) is -0.00790. The van der Waals surface area contributed by atoms with E-state index in [1.165, 1.54) is 26.9 Å². The lowest BCUT2D eigenvalue weighted by Crippen LogP contribution is -2.28. The van der Waals surface area contributed by atoms with Crippen LogP contribution in [0.3, 0.4) is 0 Å². The Morgan fingerprint density at radius 3 is 1.72 bits per heavy atom. The van der Waals surface area contributed by atoms with Crippen LogP contribution < -0.4 is 11.0 Å². The van der Waals surface area contributed by atoms with Gasteiger partial charge in [-0.05, 0) is 129 Å². The first kappa shape index (κ1) is 49.2. The van der Waals surface area contributed by atoms with E-state index in [9.17, 15) is 14.2 Å². The molecule has 2 atom stereocenters. The molecular formula is C50H68N3O7P. The van der Waals surface area contributed by atoms with Gasteiger partial charge in [0.15, 0.2) is 0 Å². The van der Waals surface area contributed by atoms with Gasteiger partial charge < -0.3 is 10.1 Å². The van der Waals surface area contributed by atoms with E-state index in [4.69, 9.17) is 18.3 Å². The van der Waals surface area contributed by atoms with E-state index in [2.05, 4.69) is 75.3 Å². The van der Waals surface area contributed by atoms with Crippen LogP contribution >= 0.6 is 7.82 Å². The molecule has 1 N–H and O–H groups in total. The average molecular weight is 854 g/mol. The van der Waals surface area contributed by atoms with Crippen molar-refractivity contribution in [2.24, 2.45) is 0 Å². The summed E-state index contributed by atoms with van der Waals surface area (Å²) < 4.78 is 38.4. The molecule has 0 radical (unpaired) electrons. The van der Waals surface area contributed by atoms with Gasteiger partial charge in [0.1, 0.15) is 12.0 Å². The predicted molar refractivity (Wildman–Crippen MR) is 247 cm³/mol. The molecule has 1 amide bonds. The van der Waals surface area contributed by atoms with Crippen LogP contribution in [0.1, 0.15) is 136 Å². The van der Waals surface area contributed by atoms with Crippen molar-refractivity contribution >= 4 is 19.5 Å². The third kappa shape index (κ3) is 19.9. The number of unbranched alkanes of at least 4 members (excludes halogenated alkanes) is 1. The van der Waals surface area contributed by atoms with E-state index in [1.807, 2.05) is 67.6 Å². The molecule has 0 aliphatic carbocycles. The Hall–Kier alpha value is -4.44. The molecule has 1 aliphatic rings. The summed E-state index contributed by atoms with van der Waals surface area (Å²) in [5.41, 5.74) is 7.99. The molecule has 0 saturated carbocycles. The Labute approximate surface area is 364 Å². The highest BCUT2D eigenvalue weighted by atomic mass is 31.2. The highest BCUT2D eigenvalue weighted by molar-refractivity contribution is 7.48. The fraction of sp³-hybridized carbons (Fsp3) is 0.460. The molecule has 2 aromatic carbocycles. The maximum atomic E-state index is 13.7. The lowest BCUT2D eigenvalue weighted by Gasteiger charge is -2.21. The van der Waals surface area contributed by atoms with Crippen molar-refractivity contribution < 1.29 is 27.7 Å². The molecule has 10 nitrogen and oxygen atoms in total. The monoisotopic (exact) mass is 853 g/mol. The normalized spacial score (nSPS) is 16.5. The van der Waals surface area contributed by atoms with Gasteiger partial charge in [-0.2, -0.15) is 4.98 Å². The molecule has 11 heteroatoms. The highest BCUT2D eigenvalue weighted by Gasteiger charge is 2.33. The average Bonchev–Trinajstić information content (AvgIpc) is 3.72. The van der Waals surface area contributed by atoms with E-state index in [0.717, 1.165) is 68.1 Å². The van der Waals surface area contributed by atoms with Crippen LogP contribution in [0.2, 0.25) is 0 Å². The number of anilines is 1. The molecule has 1 fully saturated rings. The standard InChI is InChI=1S/C50H68N3O7P/c1-39(2)18-15-21-42(5)24-16-22-40(3)19-13-14-20-41(4)23-17-25-43(6)30-32-48(54)51-47-34-35-53(50(55)52-47)49-33-31-46(60-49)38-59-61(56,57-36-44-26-9-7-10-27-44)58-37-45-28-11-8-12-29-45/h7-12,18-20,24-29,34-35,46,49H,13-17,21-23,30-33,36-38H2,1-6H3,(H,51,52,54,55)/b40-19+,41-20+,42-24+,43-25+/t46-,49+/m0/s1. The van der Waals surface area contributed by atoms with Crippen LogP contribution in [0.25, 0.3) is 0 Å². The molecule has 3 aromatic rings. The van der Waals surface area contributed by atoms with E-state index in [1.54, 1.807) is 12.3 Å². The van der Waals surface area contributed by atoms with Crippen LogP contribution in [0.4, 0.5) is 5.82 Å². The number of aromatic nitrogens is 2. The van der Waals surface area contributed by atoms with Gasteiger partial charge >= 0.3 is 13.5 Å². The largest absolute Gasteiger partial charge is 0.475 e. The minimum absolute atomic E-state index is 0.0498. The number of amides is 1. The zero-order chi connectivity index (χ0) is 43.9. The molecule has 0 spiro atoms. The van der Waals surface area contributed by atoms with Gasteiger partial charge in [-0.1, -0.05) is 119 Å². The molecular weight excluding hydrogens is 786 g/mol. The summed E-state index contributed by atoms with van der Waals surface area (Å²) >= 11 is 0. The number of carbonyl (C=O) groups is 1. The number of hydrogen-bond acceptors (Lipinski definition) is 8. The molecule has 2 heterocycles. The van der Waals surface area contributed by atoms with Gasteiger partial charge in [-0.3, -0.25) is 22.9 Å². The third-order valence-electron chi connectivity index (χ3n) is 10.4. The van der Waals surface area contributed by atoms with Gasteiger partial charge in [0.05, 0.1) is 25.9 Å². The SMILES string of the molecule is CC(C)=CCC/C(C)=C/CC/C(C)=C/CC/C=C(\C)CC/C=C(\C)CCC(=O)Nc1ccn([C@H]2CC[C@@H](COP(=O)(OCc3ccccc3)OCc3ccccc3)O2)c(=O)n1. The number of phosphoric ester groups is 1. The summed E-state index contributed by atoms with van der Waals surface area (Å²) in [4.78, 5) is 29.9. The van der Waals surface area contributed by atoms with Crippen LogP contribution in [-0.2, 0) is 40.9 Å². The van der Waals surface area contributed by atoms with E-state index < -0.39 is 25.8 Å². The highest BCUT2D eigenvalue weighted by Crippen LogP contribution is 2.51. The van der Waals surface area contributed by atoms with Gasteiger partial charge in [-0.15, -0.1) is 0 Å². The smallest absolute Gasteiger partial charge is 0.352 e. The number of phosphoric acid groups is 1. The quantitative estimate of drug-likeness (QED) is 0.0482. The van der Waals surface area contributed by atoms with Crippen molar-refractivity contribution in [2.75, 3.05) is 11.9 Å². The Morgan fingerprint density at radius 1 is 0.689 bits per heavy atom. The second-order valence-corrected chi connectivity index (χ2v) is 17.9. The minimum Gasteiger partial charge on any atom is -0.352 e.